The van der Waals surface area contributed by atoms with Gasteiger partial charge < -0.3 is 19.6 Å². The van der Waals surface area contributed by atoms with Crippen molar-refractivity contribution in [3.63, 3.8) is 0 Å². The number of ketones is 1. The van der Waals surface area contributed by atoms with Gasteiger partial charge in [-0.1, -0.05) is 43.3 Å². The van der Waals surface area contributed by atoms with Crippen LogP contribution in [0.2, 0.25) is 0 Å². The molecule has 1 N–H and O–H groups in total. The van der Waals surface area contributed by atoms with Crippen LogP contribution in [-0.4, -0.2) is 60.9 Å². The van der Waals surface area contributed by atoms with Gasteiger partial charge in [-0.2, -0.15) is 0 Å². The largest absolute Gasteiger partial charge is 0.507 e. The van der Waals surface area contributed by atoms with Gasteiger partial charge in [-0.25, -0.2) is 0 Å². The van der Waals surface area contributed by atoms with Gasteiger partial charge in [0.2, 0.25) is 0 Å². The highest BCUT2D eigenvalue weighted by Gasteiger charge is 2.46. The fourth-order valence-electron chi connectivity index (χ4n) is 3.63. The van der Waals surface area contributed by atoms with Gasteiger partial charge in [0, 0.05) is 18.7 Å². The molecular weight excluding hydrogens is 380 g/mol. The number of likely N-dealkylation sites (tertiary alicyclic amines) is 1. The first-order valence-electron chi connectivity index (χ1n) is 10.0. The van der Waals surface area contributed by atoms with E-state index in [1.807, 2.05) is 50.2 Å². The smallest absolute Gasteiger partial charge is 0.295 e. The Kier molecular flexibility index (Phi) is 6.57. The standard InChI is InChI=1S/C24H28N2O4/c1-5-16-9-11-17(12-10-16)22(27)20-21(18-7-6-8-19(15-18)30-4)26(14-13-25(2)3)24(29)23(20)28/h6-12,15,21,27H,5,13-14H2,1-4H3/b22-20-. The van der Waals surface area contributed by atoms with E-state index in [9.17, 15) is 14.7 Å². The summed E-state index contributed by atoms with van der Waals surface area (Å²) in [4.78, 5) is 29.3. The second kappa shape index (κ2) is 9.13. The Morgan fingerprint density at radius 3 is 2.43 bits per heavy atom. The lowest BCUT2D eigenvalue weighted by Crippen LogP contribution is -2.35. The molecule has 0 spiro atoms. The average Bonchev–Trinajstić information content (AvgIpc) is 3.02. The van der Waals surface area contributed by atoms with Crippen molar-refractivity contribution in [3.05, 3.63) is 70.8 Å². The number of Topliss-reactive ketones (excluding diaryl/α,β-unsaturated/α-hetero) is 1. The summed E-state index contributed by atoms with van der Waals surface area (Å²) in [5.74, 6) is -0.802. The van der Waals surface area contributed by atoms with Crippen molar-refractivity contribution in [2.75, 3.05) is 34.3 Å². The zero-order valence-corrected chi connectivity index (χ0v) is 17.9. The Balaban J connectivity index is 2.13. The molecule has 1 fully saturated rings. The topological polar surface area (TPSA) is 70.1 Å². The molecule has 6 heteroatoms. The van der Waals surface area contributed by atoms with Gasteiger partial charge in [-0.3, -0.25) is 9.59 Å². The molecule has 1 aliphatic rings. The van der Waals surface area contributed by atoms with Gasteiger partial charge in [0.05, 0.1) is 18.7 Å². The zero-order chi connectivity index (χ0) is 21.8. The average molecular weight is 408 g/mol. The highest BCUT2D eigenvalue weighted by atomic mass is 16.5. The van der Waals surface area contributed by atoms with Crippen molar-refractivity contribution in [1.82, 2.24) is 9.80 Å². The maximum absolute atomic E-state index is 13.0. The summed E-state index contributed by atoms with van der Waals surface area (Å²) < 4.78 is 5.33. The Morgan fingerprint density at radius 1 is 1.13 bits per heavy atom. The molecule has 0 aromatic heterocycles. The summed E-state index contributed by atoms with van der Waals surface area (Å²) in [6.45, 7) is 3.01. The molecule has 1 unspecified atom stereocenters. The number of hydrogen-bond acceptors (Lipinski definition) is 5. The number of rotatable bonds is 7. The number of likely N-dealkylation sites (N-methyl/N-ethyl adjacent to an activating group) is 1. The third kappa shape index (κ3) is 4.24. The van der Waals surface area contributed by atoms with E-state index < -0.39 is 17.7 Å². The molecule has 158 valence electrons. The Bertz CT molecular complexity index is 963. The van der Waals surface area contributed by atoms with E-state index in [0.29, 0.717) is 24.4 Å². The van der Waals surface area contributed by atoms with Crippen LogP contribution in [0.1, 0.15) is 29.7 Å². The van der Waals surface area contributed by atoms with Crippen molar-refractivity contribution in [1.29, 1.82) is 0 Å². The monoisotopic (exact) mass is 408 g/mol. The van der Waals surface area contributed by atoms with Crippen LogP contribution in [0, 0.1) is 0 Å². The molecule has 2 aromatic rings. The molecule has 0 saturated carbocycles. The molecule has 0 aliphatic carbocycles. The van der Waals surface area contributed by atoms with Crippen LogP contribution in [0.15, 0.2) is 54.1 Å². The van der Waals surface area contributed by atoms with Crippen LogP contribution in [0.5, 0.6) is 5.75 Å². The predicted molar refractivity (Wildman–Crippen MR) is 116 cm³/mol. The molecule has 2 aromatic carbocycles. The van der Waals surface area contributed by atoms with E-state index in [1.54, 1.807) is 31.4 Å². The highest BCUT2D eigenvalue weighted by molar-refractivity contribution is 6.46. The van der Waals surface area contributed by atoms with Crippen LogP contribution in [0.25, 0.3) is 5.76 Å². The summed E-state index contributed by atoms with van der Waals surface area (Å²) in [6.07, 6.45) is 0.875. The van der Waals surface area contributed by atoms with Crippen molar-refractivity contribution in [2.24, 2.45) is 0 Å². The van der Waals surface area contributed by atoms with E-state index >= 15 is 0 Å². The van der Waals surface area contributed by atoms with Gasteiger partial charge in [-0.15, -0.1) is 0 Å². The second-order valence-electron chi connectivity index (χ2n) is 7.62. The number of aryl methyl sites for hydroxylation is 1. The summed E-state index contributed by atoms with van der Waals surface area (Å²) in [6, 6.07) is 14.0. The molecule has 0 radical (unpaired) electrons. The maximum Gasteiger partial charge on any atom is 0.295 e. The maximum atomic E-state index is 13.0. The van der Waals surface area contributed by atoms with Crippen molar-refractivity contribution >= 4 is 17.4 Å². The minimum Gasteiger partial charge on any atom is -0.507 e. The highest BCUT2D eigenvalue weighted by Crippen LogP contribution is 2.40. The van der Waals surface area contributed by atoms with Gasteiger partial charge in [0.15, 0.2) is 0 Å². The SMILES string of the molecule is CCc1ccc(/C(O)=C2/C(=O)C(=O)N(CCN(C)C)C2c2cccc(OC)c2)cc1. The van der Waals surface area contributed by atoms with E-state index in [1.165, 1.54) is 4.90 Å². The molecule has 1 amide bonds. The van der Waals surface area contributed by atoms with Crippen LogP contribution in [0.3, 0.4) is 0 Å². The molecule has 1 saturated heterocycles. The molecule has 6 nitrogen and oxygen atoms in total. The number of methoxy groups -OCH3 is 1. The van der Waals surface area contributed by atoms with Crippen LogP contribution in [-0.2, 0) is 16.0 Å². The summed E-state index contributed by atoms with van der Waals surface area (Å²) in [5, 5.41) is 11.1. The molecule has 1 aliphatic heterocycles. The molecule has 3 rings (SSSR count). The molecule has 0 bridgehead atoms. The van der Waals surface area contributed by atoms with Crippen LogP contribution < -0.4 is 4.74 Å². The minimum atomic E-state index is -0.675. The van der Waals surface area contributed by atoms with Gasteiger partial charge in [0.1, 0.15) is 11.5 Å². The first kappa shape index (κ1) is 21.6. The number of carbonyl (C=O) groups excluding carboxylic acids is 2. The number of carbonyl (C=O) groups is 2. The summed E-state index contributed by atoms with van der Waals surface area (Å²) in [7, 11) is 5.39. The number of hydrogen-bond donors (Lipinski definition) is 1. The lowest BCUT2D eigenvalue weighted by Gasteiger charge is -2.26. The first-order valence-corrected chi connectivity index (χ1v) is 10.0. The lowest BCUT2D eigenvalue weighted by atomic mass is 9.94. The van der Waals surface area contributed by atoms with Gasteiger partial charge in [-0.05, 0) is 43.8 Å². The minimum absolute atomic E-state index is 0.108. The normalized spacial score (nSPS) is 18.3. The molecule has 30 heavy (non-hydrogen) atoms. The first-order chi connectivity index (χ1) is 14.4. The Labute approximate surface area is 177 Å². The number of amides is 1. The predicted octanol–water partition coefficient (Wildman–Crippen LogP) is 3.24. The van der Waals surface area contributed by atoms with Crippen LogP contribution in [0.4, 0.5) is 0 Å². The quantitative estimate of drug-likeness (QED) is 0.433. The zero-order valence-electron chi connectivity index (χ0n) is 17.9. The number of nitrogens with zero attached hydrogens (tertiary/aromatic N) is 2. The van der Waals surface area contributed by atoms with E-state index in [2.05, 4.69) is 0 Å². The fourth-order valence-corrected chi connectivity index (χ4v) is 3.63. The van der Waals surface area contributed by atoms with Gasteiger partial charge >= 0.3 is 0 Å². The second-order valence-corrected chi connectivity index (χ2v) is 7.62. The van der Waals surface area contributed by atoms with E-state index in [4.69, 9.17) is 4.74 Å². The van der Waals surface area contributed by atoms with Crippen molar-refractivity contribution in [3.8, 4) is 5.75 Å². The Hall–Kier alpha value is -3.12. The third-order valence-corrected chi connectivity index (χ3v) is 5.37. The number of ether oxygens (including phenoxy) is 1. The van der Waals surface area contributed by atoms with E-state index in [-0.39, 0.29) is 11.3 Å². The third-order valence-electron chi connectivity index (χ3n) is 5.37. The Morgan fingerprint density at radius 2 is 1.83 bits per heavy atom. The van der Waals surface area contributed by atoms with Gasteiger partial charge in [0.25, 0.3) is 11.7 Å². The summed E-state index contributed by atoms with van der Waals surface area (Å²) >= 11 is 0. The van der Waals surface area contributed by atoms with E-state index in [0.717, 1.165) is 17.5 Å². The fraction of sp³-hybridized carbons (Fsp3) is 0.333. The number of aliphatic hydroxyl groups is 1. The molecular formula is C24H28N2O4. The number of aliphatic hydroxyl groups excluding tert-OH is 1. The molecule has 1 atom stereocenters. The summed E-state index contributed by atoms with van der Waals surface area (Å²) in [5.41, 5.74) is 2.48. The number of benzene rings is 2. The molecule has 1 heterocycles. The lowest BCUT2D eigenvalue weighted by molar-refractivity contribution is -0.140. The van der Waals surface area contributed by atoms with Crippen molar-refractivity contribution in [2.45, 2.75) is 19.4 Å². The van der Waals surface area contributed by atoms with Crippen LogP contribution >= 0.6 is 0 Å². The van der Waals surface area contributed by atoms with Crippen molar-refractivity contribution < 1.29 is 19.4 Å².